The van der Waals surface area contributed by atoms with E-state index >= 15 is 0 Å². The molecule has 10 heteroatoms. The van der Waals surface area contributed by atoms with Crippen molar-refractivity contribution in [2.75, 3.05) is 26.2 Å². The van der Waals surface area contributed by atoms with Crippen LogP contribution in [0.15, 0.2) is 70.5 Å². The fourth-order valence-corrected chi connectivity index (χ4v) is 8.09. The van der Waals surface area contributed by atoms with Gasteiger partial charge < -0.3 is 10.2 Å². The van der Waals surface area contributed by atoms with Gasteiger partial charge in [0.25, 0.3) is 0 Å². The highest BCUT2D eigenvalue weighted by Crippen LogP contribution is 2.49. The van der Waals surface area contributed by atoms with Crippen molar-refractivity contribution in [2.45, 2.75) is 37.5 Å². The molecule has 0 fully saturated rings. The van der Waals surface area contributed by atoms with Gasteiger partial charge in [0.05, 0.1) is 0 Å². The monoisotopic (exact) mass is 556 g/mol. The third-order valence-corrected chi connectivity index (χ3v) is 11.0. The van der Waals surface area contributed by atoms with E-state index in [0.717, 1.165) is 0 Å². The molecule has 8 nitrogen and oxygen atoms in total. The molecular weight excluding hydrogens is 524 g/mol. The molecule has 0 spiro atoms. The number of rotatable bonds is 9. The molecule has 0 saturated carbocycles. The number of phenols is 2. The van der Waals surface area contributed by atoms with E-state index in [1.54, 1.807) is 76.2 Å². The molecule has 0 aliphatic heterocycles. The van der Waals surface area contributed by atoms with Crippen molar-refractivity contribution in [3.05, 3.63) is 60.7 Å². The quantitative estimate of drug-likeness (QED) is 0.295. The zero-order valence-electron chi connectivity index (χ0n) is 21.8. The van der Waals surface area contributed by atoms with Crippen LogP contribution in [0.5, 0.6) is 11.5 Å². The Labute approximate surface area is 223 Å². The van der Waals surface area contributed by atoms with Crippen LogP contribution in [-0.4, -0.2) is 61.8 Å². The van der Waals surface area contributed by atoms with Crippen molar-refractivity contribution in [1.29, 1.82) is 0 Å². The SMILES string of the molecule is CCN(CC)S(=O)(=O)c1cc2ccccc2c(-c2c(O)c(S(=O)(=O)N(CC)CC)cc3ccccc23)c1O. The van der Waals surface area contributed by atoms with Gasteiger partial charge in [0.2, 0.25) is 20.0 Å². The molecule has 0 heterocycles. The summed E-state index contributed by atoms with van der Waals surface area (Å²) in [4.78, 5) is -0.620. The van der Waals surface area contributed by atoms with Crippen LogP contribution in [0.2, 0.25) is 0 Å². The van der Waals surface area contributed by atoms with Crippen molar-refractivity contribution in [1.82, 2.24) is 8.61 Å². The molecule has 0 aliphatic carbocycles. The number of phenolic OH excluding ortho intramolecular Hbond substituents is 2. The van der Waals surface area contributed by atoms with Crippen LogP contribution in [0, 0.1) is 0 Å². The van der Waals surface area contributed by atoms with Crippen LogP contribution in [0.25, 0.3) is 32.7 Å². The predicted molar refractivity (Wildman–Crippen MR) is 150 cm³/mol. The Kier molecular flexibility index (Phi) is 7.72. The maximum atomic E-state index is 13.6. The molecule has 0 unspecified atom stereocenters. The minimum atomic E-state index is -4.10. The van der Waals surface area contributed by atoms with Gasteiger partial charge in [-0.3, -0.25) is 0 Å². The Hall–Kier alpha value is -3.18. The summed E-state index contributed by atoms with van der Waals surface area (Å²) in [6.45, 7) is 7.64. The highest BCUT2D eigenvalue weighted by molar-refractivity contribution is 7.89. The van der Waals surface area contributed by atoms with Crippen LogP contribution in [0.1, 0.15) is 27.7 Å². The highest BCUT2D eigenvalue weighted by Gasteiger charge is 2.33. The minimum absolute atomic E-state index is 0.0547. The lowest BCUT2D eigenvalue weighted by atomic mass is 9.92. The number of benzene rings is 4. The first kappa shape index (κ1) is 27.8. The molecule has 38 heavy (non-hydrogen) atoms. The first-order chi connectivity index (χ1) is 18.0. The largest absolute Gasteiger partial charge is 0.506 e. The van der Waals surface area contributed by atoms with Gasteiger partial charge in [-0.05, 0) is 33.7 Å². The van der Waals surface area contributed by atoms with Gasteiger partial charge in [-0.25, -0.2) is 16.8 Å². The molecule has 2 N–H and O–H groups in total. The van der Waals surface area contributed by atoms with Gasteiger partial charge in [-0.15, -0.1) is 0 Å². The van der Waals surface area contributed by atoms with Crippen molar-refractivity contribution in [2.24, 2.45) is 0 Å². The second kappa shape index (κ2) is 10.5. The number of nitrogens with zero attached hydrogens (tertiary/aromatic N) is 2. The van der Waals surface area contributed by atoms with Crippen LogP contribution in [-0.2, 0) is 20.0 Å². The second-order valence-corrected chi connectivity index (χ2v) is 12.6. The van der Waals surface area contributed by atoms with Gasteiger partial charge in [0.15, 0.2) is 0 Å². The number of sulfonamides is 2. The summed E-state index contributed by atoms with van der Waals surface area (Å²) in [6, 6.07) is 16.6. The summed E-state index contributed by atoms with van der Waals surface area (Å²) >= 11 is 0. The molecule has 4 aromatic rings. The minimum Gasteiger partial charge on any atom is -0.506 e. The standard InChI is InChI=1S/C28H32N2O6S2/c1-5-29(6-2)37(33,34)23-17-19-13-9-11-15-21(19)25(27(23)31)26-22-16-12-10-14-20(22)18-24(28(26)32)38(35,36)30(7-3)8-4/h9-18,31-32H,5-8H2,1-4H3. The zero-order valence-corrected chi connectivity index (χ0v) is 23.5. The van der Waals surface area contributed by atoms with E-state index in [2.05, 4.69) is 0 Å². The third kappa shape index (κ3) is 4.41. The van der Waals surface area contributed by atoms with Crippen LogP contribution < -0.4 is 0 Å². The van der Waals surface area contributed by atoms with Gasteiger partial charge in [0.1, 0.15) is 21.3 Å². The molecule has 202 valence electrons. The van der Waals surface area contributed by atoms with Crippen LogP contribution >= 0.6 is 0 Å². The topological polar surface area (TPSA) is 115 Å². The second-order valence-electron chi connectivity index (χ2n) is 8.82. The maximum Gasteiger partial charge on any atom is 0.246 e. The first-order valence-electron chi connectivity index (χ1n) is 12.5. The Morgan fingerprint density at radius 1 is 0.579 bits per heavy atom. The highest BCUT2D eigenvalue weighted by atomic mass is 32.2. The molecule has 0 aliphatic rings. The lowest BCUT2D eigenvalue weighted by molar-refractivity contribution is 0.426. The zero-order chi connectivity index (χ0) is 27.8. The van der Waals surface area contributed by atoms with Gasteiger partial charge in [0, 0.05) is 37.3 Å². The van der Waals surface area contributed by atoms with Crippen LogP contribution in [0.3, 0.4) is 0 Å². The van der Waals surface area contributed by atoms with Gasteiger partial charge in [-0.1, -0.05) is 76.2 Å². The summed E-state index contributed by atoms with van der Waals surface area (Å²) in [7, 11) is -8.21. The van der Waals surface area contributed by atoms with E-state index < -0.39 is 31.5 Å². The predicted octanol–water partition coefficient (Wildman–Crippen LogP) is 5.13. The fourth-order valence-electron chi connectivity index (χ4n) is 4.93. The van der Waals surface area contributed by atoms with Crippen molar-refractivity contribution in [3.63, 3.8) is 0 Å². The maximum absolute atomic E-state index is 13.6. The lowest BCUT2D eigenvalue weighted by Gasteiger charge is -2.23. The number of aromatic hydroxyl groups is 2. The summed E-state index contributed by atoms with van der Waals surface area (Å²) in [6.07, 6.45) is 0. The third-order valence-electron chi connectivity index (χ3n) is 6.87. The molecule has 4 aromatic carbocycles. The molecule has 0 atom stereocenters. The van der Waals surface area contributed by atoms with E-state index in [0.29, 0.717) is 21.5 Å². The summed E-state index contributed by atoms with van der Waals surface area (Å²) < 4.78 is 56.8. The molecule has 0 saturated heterocycles. The Morgan fingerprint density at radius 3 is 1.21 bits per heavy atom. The molecule has 0 radical (unpaired) electrons. The van der Waals surface area contributed by atoms with Crippen molar-refractivity contribution < 1.29 is 27.0 Å². The van der Waals surface area contributed by atoms with Gasteiger partial charge in [-0.2, -0.15) is 8.61 Å². The number of hydrogen-bond acceptors (Lipinski definition) is 6. The Balaban J connectivity index is 2.22. The Bertz CT molecular complexity index is 1600. The summed E-state index contributed by atoms with van der Waals surface area (Å²) in [5.74, 6) is -1.10. The first-order valence-corrected chi connectivity index (χ1v) is 15.4. The van der Waals surface area contributed by atoms with Crippen LogP contribution in [0.4, 0.5) is 0 Å². The average Bonchev–Trinajstić information content (AvgIpc) is 2.89. The Morgan fingerprint density at radius 2 is 0.895 bits per heavy atom. The molecule has 0 aromatic heterocycles. The summed E-state index contributed by atoms with van der Waals surface area (Å²) in [5, 5.41) is 25.2. The van der Waals surface area contributed by atoms with E-state index in [9.17, 15) is 27.0 Å². The molecule has 4 rings (SSSR count). The van der Waals surface area contributed by atoms with E-state index in [1.165, 1.54) is 20.7 Å². The van der Waals surface area contributed by atoms with Crippen molar-refractivity contribution >= 4 is 41.6 Å². The smallest absolute Gasteiger partial charge is 0.246 e. The van der Waals surface area contributed by atoms with Crippen molar-refractivity contribution in [3.8, 4) is 22.6 Å². The van der Waals surface area contributed by atoms with E-state index in [4.69, 9.17) is 0 Å². The van der Waals surface area contributed by atoms with Gasteiger partial charge >= 0.3 is 0 Å². The molecular formula is C28H32N2O6S2. The molecule has 0 amide bonds. The van der Waals surface area contributed by atoms with E-state index in [1.807, 2.05) is 0 Å². The number of hydrogen-bond donors (Lipinski definition) is 2. The molecule has 0 bridgehead atoms. The number of fused-ring (bicyclic) bond motifs is 2. The lowest BCUT2D eigenvalue weighted by Crippen LogP contribution is -2.31. The fraction of sp³-hybridized carbons (Fsp3) is 0.286. The average molecular weight is 557 g/mol. The van der Waals surface area contributed by atoms with E-state index in [-0.39, 0.29) is 47.1 Å². The normalized spacial score (nSPS) is 12.7. The summed E-state index contributed by atoms with van der Waals surface area (Å²) in [5.41, 5.74) is 0.109.